The number of rotatable bonds is 4. The molecule has 0 atom stereocenters. The van der Waals surface area contributed by atoms with E-state index in [1.54, 1.807) is 28.8 Å². The van der Waals surface area contributed by atoms with Gasteiger partial charge in [-0.25, -0.2) is 0 Å². The third-order valence-corrected chi connectivity index (χ3v) is 6.87. The predicted octanol–water partition coefficient (Wildman–Crippen LogP) is 4.16. The molecule has 4 aromatic rings. The number of benzene rings is 2. The minimum absolute atomic E-state index is 0.0732. The average Bonchev–Trinajstić information content (AvgIpc) is 3.31. The molecule has 2 aromatic carbocycles. The van der Waals surface area contributed by atoms with Gasteiger partial charge in [0.05, 0.1) is 11.3 Å². The predicted molar refractivity (Wildman–Crippen MR) is 145 cm³/mol. The lowest BCUT2D eigenvalue weighted by Gasteiger charge is -2.33. The van der Waals surface area contributed by atoms with E-state index in [0.29, 0.717) is 30.1 Å². The molecule has 1 aliphatic heterocycles. The van der Waals surface area contributed by atoms with E-state index >= 15 is 0 Å². The number of piperazine rings is 1. The van der Waals surface area contributed by atoms with Crippen LogP contribution in [-0.2, 0) is 12.7 Å². The molecule has 0 bridgehead atoms. The molecule has 3 heterocycles. The second kappa shape index (κ2) is 11.1. The summed E-state index contributed by atoms with van der Waals surface area (Å²) in [5.41, 5.74) is 2.54. The summed E-state index contributed by atoms with van der Waals surface area (Å²) in [6.45, 7) is 6.93. The third kappa shape index (κ3) is 6.14. The van der Waals surface area contributed by atoms with Crippen molar-refractivity contribution in [1.82, 2.24) is 29.6 Å². The zero-order valence-corrected chi connectivity index (χ0v) is 22.4. The molecular formula is C29H28F3N7O. The molecule has 8 nitrogen and oxygen atoms in total. The number of amides is 1. The summed E-state index contributed by atoms with van der Waals surface area (Å²) in [6.07, 6.45) is -4.55. The van der Waals surface area contributed by atoms with Gasteiger partial charge in [-0.1, -0.05) is 18.1 Å². The number of alkyl halides is 3. The van der Waals surface area contributed by atoms with Crippen LogP contribution in [0.2, 0.25) is 0 Å². The maximum absolute atomic E-state index is 14.0. The summed E-state index contributed by atoms with van der Waals surface area (Å²) in [6, 6.07) is 12.5. The maximum atomic E-state index is 14.0. The minimum Gasteiger partial charge on any atom is -0.322 e. The molecule has 11 heteroatoms. The number of anilines is 1. The molecular weight excluding hydrogens is 519 g/mol. The van der Waals surface area contributed by atoms with Crippen molar-refractivity contribution in [3.8, 4) is 11.8 Å². The van der Waals surface area contributed by atoms with Gasteiger partial charge in [0, 0.05) is 49.5 Å². The lowest BCUT2D eigenvalue weighted by atomic mass is 10.0. The number of likely N-dealkylation sites (N-methyl/N-ethyl adjacent to an activating group) is 1. The molecule has 2 aromatic heterocycles. The zero-order chi connectivity index (χ0) is 28.4. The number of fused-ring (bicyclic) bond motifs is 1. The Kier molecular flexibility index (Phi) is 7.56. The minimum atomic E-state index is -4.55. The number of carbonyl (C=O) groups excluding carboxylic acids is 1. The van der Waals surface area contributed by atoms with Crippen molar-refractivity contribution in [2.24, 2.45) is 0 Å². The zero-order valence-electron chi connectivity index (χ0n) is 22.4. The van der Waals surface area contributed by atoms with Crippen LogP contribution < -0.4 is 5.32 Å². The van der Waals surface area contributed by atoms with Crippen molar-refractivity contribution in [2.45, 2.75) is 26.6 Å². The largest absolute Gasteiger partial charge is 0.416 e. The van der Waals surface area contributed by atoms with Crippen LogP contribution in [-0.4, -0.2) is 68.7 Å². The van der Waals surface area contributed by atoms with Crippen LogP contribution in [0.4, 0.5) is 18.9 Å². The highest BCUT2D eigenvalue weighted by Crippen LogP contribution is 2.34. The molecule has 0 saturated carbocycles. The molecule has 5 rings (SSSR count). The summed E-state index contributed by atoms with van der Waals surface area (Å²) in [5.74, 6) is 5.78. The van der Waals surface area contributed by atoms with Crippen molar-refractivity contribution in [3.05, 3.63) is 87.9 Å². The molecule has 206 valence electrons. The van der Waals surface area contributed by atoms with Gasteiger partial charge in [-0.3, -0.25) is 9.69 Å². The number of hydrogen-bond acceptors (Lipinski definition) is 6. The Morgan fingerprint density at radius 1 is 0.975 bits per heavy atom. The Hall–Kier alpha value is -4.27. The first kappa shape index (κ1) is 27.3. The SMILES string of the molecule is Cc1ccc2nnc(C#Cc3cc(C(=O)Nc4ccc(CN5CCN(C)CC5)c(C(F)(F)F)c4)ccc3C)n2n1. The van der Waals surface area contributed by atoms with E-state index in [2.05, 4.69) is 37.4 Å². The molecule has 1 fully saturated rings. The molecule has 0 radical (unpaired) electrons. The van der Waals surface area contributed by atoms with Crippen LogP contribution >= 0.6 is 0 Å². The Bertz CT molecular complexity index is 1630. The number of hydrogen-bond donors (Lipinski definition) is 1. The average molecular weight is 548 g/mol. The molecule has 0 unspecified atom stereocenters. The fraction of sp³-hybridized carbons (Fsp3) is 0.310. The van der Waals surface area contributed by atoms with Crippen molar-refractivity contribution in [2.75, 3.05) is 38.5 Å². The highest BCUT2D eigenvalue weighted by molar-refractivity contribution is 6.04. The van der Waals surface area contributed by atoms with Gasteiger partial charge in [0.2, 0.25) is 5.82 Å². The normalized spacial score (nSPS) is 14.7. The fourth-order valence-corrected chi connectivity index (χ4v) is 4.49. The summed E-state index contributed by atoms with van der Waals surface area (Å²) in [7, 11) is 2.00. The van der Waals surface area contributed by atoms with E-state index in [-0.39, 0.29) is 23.4 Å². The van der Waals surface area contributed by atoms with Gasteiger partial charge in [-0.05, 0) is 74.3 Å². The molecule has 1 amide bonds. The van der Waals surface area contributed by atoms with E-state index in [9.17, 15) is 18.0 Å². The molecule has 40 heavy (non-hydrogen) atoms. The Balaban J connectivity index is 1.35. The standard InChI is InChI=1S/C29H28F3N7O/c1-19-4-6-22(16-21(19)8-11-27-35-34-26-10-5-20(2)36-39(26)27)28(40)33-24-9-7-23(25(17-24)29(30,31)32)18-38-14-12-37(3)13-15-38/h4-7,9-10,16-17H,12-15,18H2,1-3H3,(H,33,40). The van der Waals surface area contributed by atoms with Gasteiger partial charge in [-0.2, -0.15) is 22.8 Å². The number of aryl methyl sites for hydroxylation is 2. The van der Waals surface area contributed by atoms with E-state index in [1.165, 1.54) is 12.1 Å². The van der Waals surface area contributed by atoms with Crippen molar-refractivity contribution >= 4 is 17.2 Å². The summed E-state index contributed by atoms with van der Waals surface area (Å²) < 4.78 is 43.4. The number of nitrogens with one attached hydrogen (secondary N) is 1. The molecule has 1 N–H and O–H groups in total. The Morgan fingerprint density at radius 3 is 2.50 bits per heavy atom. The molecule has 0 aliphatic carbocycles. The van der Waals surface area contributed by atoms with Crippen LogP contribution in [0.15, 0.2) is 48.5 Å². The topological polar surface area (TPSA) is 78.7 Å². The number of carbonyl (C=O) groups is 1. The van der Waals surface area contributed by atoms with Gasteiger partial charge < -0.3 is 10.2 Å². The van der Waals surface area contributed by atoms with Crippen molar-refractivity contribution in [1.29, 1.82) is 0 Å². The first-order valence-electron chi connectivity index (χ1n) is 12.8. The van der Waals surface area contributed by atoms with Gasteiger partial charge in [0.25, 0.3) is 5.91 Å². The molecule has 1 aliphatic rings. The highest BCUT2D eigenvalue weighted by atomic mass is 19.4. The Labute approximate surface area is 229 Å². The fourth-order valence-electron chi connectivity index (χ4n) is 4.49. The van der Waals surface area contributed by atoms with Crippen LogP contribution in [0.1, 0.15) is 44.1 Å². The maximum Gasteiger partial charge on any atom is 0.416 e. The van der Waals surface area contributed by atoms with Gasteiger partial charge >= 0.3 is 6.18 Å². The van der Waals surface area contributed by atoms with E-state index < -0.39 is 17.6 Å². The first-order chi connectivity index (χ1) is 19.1. The number of nitrogens with zero attached hydrogens (tertiary/aromatic N) is 6. The van der Waals surface area contributed by atoms with Crippen LogP contribution in [0.5, 0.6) is 0 Å². The molecule has 1 saturated heterocycles. The second-order valence-electron chi connectivity index (χ2n) is 9.95. The van der Waals surface area contributed by atoms with Crippen LogP contribution in [0, 0.1) is 25.7 Å². The van der Waals surface area contributed by atoms with Gasteiger partial charge in [-0.15, -0.1) is 10.2 Å². The summed E-state index contributed by atoms with van der Waals surface area (Å²) in [4.78, 5) is 17.2. The summed E-state index contributed by atoms with van der Waals surface area (Å²) in [5, 5.41) is 15.1. The summed E-state index contributed by atoms with van der Waals surface area (Å²) >= 11 is 0. The quantitative estimate of drug-likeness (QED) is 0.387. The van der Waals surface area contributed by atoms with Crippen molar-refractivity contribution < 1.29 is 18.0 Å². The Morgan fingerprint density at radius 2 is 1.75 bits per heavy atom. The highest BCUT2D eigenvalue weighted by Gasteiger charge is 2.34. The van der Waals surface area contributed by atoms with Crippen molar-refractivity contribution in [3.63, 3.8) is 0 Å². The van der Waals surface area contributed by atoms with Crippen LogP contribution in [0.3, 0.4) is 0 Å². The lowest BCUT2D eigenvalue weighted by molar-refractivity contribution is -0.138. The number of aromatic nitrogens is 4. The van der Waals surface area contributed by atoms with Gasteiger partial charge in [0.1, 0.15) is 0 Å². The monoisotopic (exact) mass is 547 g/mol. The van der Waals surface area contributed by atoms with Gasteiger partial charge in [0.15, 0.2) is 5.65 Å². The van der Waals surface area contributed by atoms with E-state index in [1.807, 2.05) is 31.9 Å². The van der Waals surface area contributed by atoms with Crippen LogP contribution in [0.25, 0.3) is 5.65 Å². The lowest BCUT2D eigenvalue weighted by Crippen LogP contribution is -2.44. The second-order valence-corrected chi connectivity index (χ2v) is 9.95. The van der Waals surface area contributed by atoms with E-state index in [4.69, 9.17) is 0 Å². The molecule has 0 spiro atoms. The first-order valence-corrected chi connectivity index (χ1v) is 12.8. The number of halogens is 3. The van der Waals surface area contributed by atoms with E-state index in [0.717, 1.165) is 30.4 Å². The third-order valence-electron chi connectivity index (χ3n) is 6.87. The smallest absolute Gasteiger partial charge is 0.322 e.